The predicted octanol–water partition coefficient (Wildman–Crippen LogP) is 2.39. The first-order chi connectivity index (χ1) is 6.83. The van der Waals surface area contributed by atoms with E-state index in [1.54, 1.807) is 18.9 Å². The van der Waals surface area contributed by atoms with Gasteiger partial charge >= 0.3 is 0 Å². The monoisotopic (exact) mass is 209 g/mol. The Hall–Kier alpha value is -0.930. The zero-order chi connectivity index (χ0) is 10.4. The van der Waals surface area contributed by atoms with Crippen molar-refractivity contribution in [1.82, 2.24) is 0 Å². The maximum Gasteiger partial charge on any atom is 0.133 e. The summed E-state index contributed by atoms with van der Waals surface area (Å²) in [7, 11) is 1.69. The van der Waals surface area contributed by atoms with Crippen molar-refractivity contribution >= 4 is 17.8 Å². The van der Waals surface area contributed by atoms with Crippen molar-refractivity contribution in [2.24, 2.45) is 5.73 Å². The summed E-state index contributed by atoms with van der Waals surface area (Å²) in [4.78, 5) is 1.15. The van der Waals surface area contributed by atoms with Crippen molar-refractivity contribution in [1.29, 1.82) is 0 Å². The molecule has 0 spiro atoms. The van der Waals surface area contributed by atoms with Crippen molar-refractivity contribution in [2.45, 2.75) is 4.90 Å². The SMILES string of the molecule is COc1cccc(/C=C/CN)c1SC. The topological polar surface area (TPSA) is 35.2 Å². The van der Waals surface area contributed by atoms with Crippen molar-refractivity contribution in [2.75, 3.05) is 19.9 Å². The molecule has 0 aliphatic heterocycles. The van der Waals surface area contributed by atoms with E-state index in [0.717, 1.165) is 16.2 Å². The summed E-state index contributed by atoms with van der Waals surface area (Å²) in [6.45, 7) is 0.561. The van der Waals surface area contributed by atoms with Gasteiger partial charge in [0, 0.05) is 6.54 Å². The third-order valence-electron chi connectivity index (χ3n) is 1.87. The van der Waals surface area contributed by atoms with Crippen molar-refractivity contribution in [3.05, 3.63) is 29.8 Å². The van der Waals surface area contributed by atoms with Gasteiger partial charge in [0.25, 0.3) is 0 Å². The third kappa shape index (κ3) is 2.53. The minimum absolute atomic E-state index is 0.561. The van der Waals surface area contributed by atoms with Crippen LogP contribution in [0.5, 0.6) is 5.75 Å². The van der Waals surface area contributed by atoms with Crippen molar-refractivity contribution in [3.8, 4) is 5.75 Å². The lowest BCUT2D eigenvalue weighted by Gasteiger charge is -2.08. The number of nitrogens with two attached hydrogens (primary N) is 1. The first kappa shape index (κ1) is 11.1. The Kier molecular flexibility index (Phi) is 4.56. The van der Waals surface area contributed by atoms with Gasteiger partial charge in [-0.2, -0.15) is 0 Å². The van der Waals surface area contributed by atoms with Crippen LogP contribution in [0.4, 0.5) is 0 Å². The van der Waals surface area contributed by atoms with Crippen molar-refractivity contribution < 1.29 is 4.74 Å². The molecule has 0 aliphatic carbocycles. The quantitative estimate of drug-likeness (QED) is 0.773. The molecule has 76 valence electrons. The Bertz CT molecular complexity index is 323. The summed E-state index contributed by atoms with van der Waals surface area (Å²) >= 11 is 1.68. The number of ether oxygens (including phenoxy) is 1. The first-order valence-electron chi connectivity index (χ1n) is 4.41. The molecule has 0 unspecified atom stereocenters. The average molecular weight is 209 g/mol. The maximum atomic E-state index is 5.41. The molecule has 14 heavy (non-hydrogen) atoms. The summed E-state index contributed by atoms with van der Waals surface area (Å²) in [5.74, 6) is 0.914. The van der Waals surface area contributed by atoms with Gasteiger partial charge in [0.05, 0.1) is 12.0 Å². The van der Waals surface area contributed by atoms with E-state index in [1.807, 2.05) is 30.5 Å². The highest BCUT2D eigenvalue weighted by molar-refractivity contribution is 7.98. The summed E-state index contributed by atoms with van der Waals surface area (Å²) in [6, 6.07) is 6.00. The molecule has 0 radical (unpaired) electrons. The van der Waals surface area contributed by atoms with E-state index in [9.17, 15) is 0 Å². The van der Waals surface area contributed by atoms with Crippen LogP contribution < -0.4 is 10.5 Å². The lowest BCUT2D eigenvalue weighted by molar-refractivity contribution is 0.404. The van der Waals surface area contributed by atoms with Crippen molar-refractivity contribution in [3.63, 3.8) is 0 Å². The van der Waals surface area contributed by atoms with Gasteiger partial charge < -0.3 is 10.5 Å². The van der Waals surface area contributed by atoms with E-state index >= 15 is 0 Å². The normalized spacial score (nSPS) is 10.8. The second-order valence-electron chi connectivity index (χ2n) is 2.72. The predicted molar refractivity (Wildman–Crippen MR) is 62.9 cm³/mol. The van der Waals surface area contributed by atoms with Gasteiger partial charge in [-0.3, -0.25) is 0 Å². The number of benzene rings is 1. The fraction of sp³-hybridized carbons (Fsp3) is 0.273. The zero-order valence-electron chi connectivity index (χ0n) is 8.49. The zero-order valence-corrected chi connectivity index (χ0v) is 9.30. The highest BCUT2D eigenvalue weighted by Gasteiger charge is 2.04. The molecule has 0 aromatic heterocycles. The average Bonchev–Trinajstić information content (AvgIpc) is 2.25. The van der Waals surface area contributed by atoms with Crippen LogP contribution in [0.1, 0.15) is 5.56 Å². The van der Waals surface area contributed by atoms with Crippen LogP contribution in [0.3, 0.4) is 0 Å². The lowest BCUT2D eigenvalue weighted by atomic mass is 10.2. The largest absolute Gasteiger partial charge is 0.496 e. The van der Waals surface area contributed by atoms with Crippen LogP contribution in [0.15, 0.2) is 29.2 Å². The molecule has 0 heterocycles. The summed E-state index contributed by atoms with van der Waals surface area (Å²) in [5, 5.41) is 0. The fourth-order valence-corrected chi connectivity index (χ4v) is 1.96. The Balaban J connectivity index is 3.08. The molecule has 1 aromatic rings. The summed E-state index contributed by atoms with van der Waals surface area (Å²) in [5.41, 5.74) is 6.57. The molecular weight excluding hydrogens is 194 g/mol. The Morgan fingerprint density at radius 3 is 2.86 bits per heavy atom. The lowest BCUT2D eigenvalue weighted by Crippen LogP contribution is -1.93. The minimum Gasteiger partial charge on any atom is -0.496 e. The highest BCUT2D eigenvalue weighted by Crippen LogP contribution is 2.31. The summed E-state index contributed by atoms with van der Waals surface area (Å²) < 4.78 is 5.27. The molecule has 0 bridgehead atoms. The van der Waals surface area contributed by atoms with Crippen LogP contribution in [-0.2, 0) is 0 Å². The number of methoxy groups -OCH3 is 1. The maximum absolute atomic E-state index is 5.41. The molecular formula is C11H15NOS. The van der Waals surface area contributed by atoms with Crippen LogP contribution in [0.25, 0.3) is 6.08 Å². The molecule has 1 aromatic carbocycles. The Morgan fingerprint density at radius 1 is 1.50 bits per heavy atom. The molecule has 0 saturated carbocycles. The van der Waals surface area contributed by atoms with Gasteiger partial charge in [0.1, 0.15) is 5.75 Å². The third-order valence-corrected chi connectivity index (χ3v) is 2.71. The van der Waals surface area contributed by atoms with Gasteiger partial charge in [0.2, 0.25) is 0 Å². The molecule has 1 rings (SSSR count). The van der Waals surface area contributed by atoms with E-state index in [0.29, 0.717) is 6.54 Å². The molecule has 0 atom stereocenters. The number of hydrogen-bond donors (Lipinski definition) is 1. The van der Waals surface area contributed by atoms with E-state index in [1.165, 1.54) is 0 Å². The van der Waals surface area contributed by atoms with Gasteiger partial charge in [-0.25, -0.2) is 0 Å². The van der Waals surface area contributed by atoms with Gasteiger partial charge in [-0.05, 0) is 17.9 Å². The molecule has 2 N–H and O–H groups in total. The summed E-state index contributed by atoms with van der Waals surface area (Å²) in [6.07, 6.45) is 6.00. The van der Waals surface area contributed by atoms with Crippen LogP contribution >= 0.6 is 11.8 Å². The van der Waals surface area contributed by atoms with Crippen LogP contribution in [0.2, 0.25) is 0 Å². The molecule has 3 heteroatoms. The first-order valence-corrected chi connectivity index (χ1v) is 5.63. The molecule has 2 nitrogen and oxygen atoms in total. The van der Waals surface area contributed by atoms with E-state index in [-0.39, 0.29) is 0 Å². The number of thioether (sulfide) groups is 1. The molecule has 0 fully saturated rings. The minimum atomic E-state index is 0.561. The molecule has 0 saturated heterocycles. The van der Waals surface area contributed by atoms with Crippen LogP contribution in [0, 0.1) is 0 Å². The highest BCUT2D eigenvalue weighted by atomic mass is 32.2. The number of rotatable bonds is 4. The van der Waals surface area contributed by atoms with E-state index < -0.39 is 0 Å². The second-order valence-corrected chi connectivity index (χ2v) is 3.54. The van der Waals surface area contributed by atoms with Gasteiger partial charge in [0.15, 0.2) is 0 Å². The number of hydrogen-bond acceptors (Lipinski definition) is 3. The smallest absolute Gasteiger partial charge is 0.133 e. The molecule has 0 aliphatic rings. The Morgan fingerprint density at radius 2 is 2.29 bits per heavy atom. The second kappa shape index (κ2) is 5.73. The van der Waals surface area contributed by atoms with Crippen LogP contribution in [-0.4, -0.2) is 19.9 Å². The standard InChI is InChI=1S/C11H15NOS/c1-13-10-7-3-5-9(6-4-8-12)11(10)14-2/h3-7H,8,12H2,1-2H3/b6-4+. The van der Waals surface area contributed by atoms with E-state index in [2.05, 4.69) is 6.07 Å². The Labute approximate surface area is 89.1 Å². The van der Waals surface area contributed by atoms with Gasteiger partial charge in [-0.15, -0.1) is 11.8 Å². The van der Waals surface area contributed by atoms with Gasteiger partial charge in [-0.1, -0.05) is 24.3 Å². The van der Waals surface area contributed by atoms with E-state index in [4.69, 9.17) is 10.5 Å². The fourth-order valence-electron chi connectivity index (χ4n) is 1.24. The molecule has 0 amide bonds.